The molecule has 4 aliphatic rings. The van der Waals surface area contributed by atoms with Crippen molar-refractivity contribution in [3.63, 3.8) is 0 Å². The predicted octanol–water partition coefficient (Wildman–Crippen LogP) is 3.55. The van der Waals surface area contributed by atoms with Crippen LogP contribution in [-0.2, 0) is 35.2 Å². The Bertz CT molecular complexity index is 2500. The fraction of sp³-hybridized carbons (Fsp3) is 0.500. The number of imidazole rings is 1. The first kappa shape index (κ1) is 57.0. The number of likely N-dealkylation sites (N-methyl/N-ethyl adjacent to an activating group) is 1. The monoisotopic (exact) mass is 1000 g/mol. The van der Waals surface area contributed by atoms with Gasteiger partial charge in [0.25, 0.3) is 6.39 Å². The van der Waals surface area contributed by atoms with E-state index in [1.807, 2.05) is 113 Å². The second-order valence-corrected chi connectivity index (χ2v) is 22.4. The summed E-state index contributed by atoms with van der Waals surface area (Å²) in [7, 11) is 27.8. The van der Waals surface area contributed by atoms with Crippen LogP contribution in [0.5, 0.6) is 0 Å². The number of allylic oxidation sites excluding steroid dienone is 2. The zero-order valence-electron chi connectivity index (χ0n) is 44.5. The van der Waals surface area contributed by atoms with Crippen LogP contribution in [0.2, 0.25) is 0 Å². The van der Waals surface area contributed by atoms with E-state index in [4.69, 9.17) is 0 Å². The van der Waals surface area contributed by atoms with Crippen molar-refractivity contribution in [3.8, 4) is 0 Å². The Labute approximate surface area is 424 Å². The lowest BCUT2D eigenvalue weighted by Crippen LogP contribution is -2.53. The van der Waals surface area contributed by atoms with Gasteiger partial charge in [0, 0.05) is 48.2 Å². The van der Waals surface area contributed by atoms with Crippen molar-refractivity contribution >= 4 is 49.6 Å². The summed E-state index contributed by atoms with van der Waals surface area (Å²) in [4.78, 5) is 1.29. The van der Waals surface area contributed by atoms with E-state index in [2.05, 4.69) is 144 Å². The van der Waals surface area contributed by atoms with Gasteiger partial charge in [-0.2, -0.15) is 19.8 Å². The van der Waals surface area contributed by atoms with Gasteiger partial charge in [0.1, 0.15) is 55.9 Å². The normalized spacial score (nSPS) is 17.1. The molecule has 380 valence electrons. The molecule has 0 aliphatic carbocycles. The van der Waals surface area contributed by atoms with Crippen LogP contribution >= 0.6 is 22.9 Å². The molecule has 0 amide bonds. The number of rotatable bonds is 0. The lowest BCUT2D eigenvalue weighted by molar-refractivity contribution is -0.927. The van der Waals surface area contributed by atoms with E-state index in [-0.39, 0.29) is 0 Å². The third-order valence-electron chi connectivity index (χ3n) is 11.7. The van der Waals surface area contributed by atoms with Crippen LogP contribution in [0.4, 0.5) is 0 Å². The molecule has 8 aromatic rings. The summed E-state index contributed by atoms with van der Waals surface area (Å²) in [6.45, 7) is 10.5. The first-order valence-electron chi connectivity index (χ1n) is 24.1. The first-order valence-corrected chi connectivity index (χ1v) is 25.8. The van der Waals surface area contributed by atoms with Crippen molar-refractivity contribution in [1.29, 1.82) is 0 Å². The standard InChI is InChI=1S/C7H7N3.C7H16N.C6H6N4.C6H7N2S.C6H15N2.C6H10N.C5H12N.C4H6NS.C3H5N2O/c1-10-3-2-7-6(5-10)4-8-9-7;1-8(2)6-4-3-5-7-8;1-10-3-2-5-6(4-10)8-9-7-5;1-7-4-6-8(5-7)2-3-9-6;1-8(2)5-3-7-4-6-8;1-7(2)5-3-4-6-7;1-6(2)4-3-5-6;1-5-3-2-4-6-5;1-5-3-6-2-4-5/h2-5H,1H3;3-7H2,1-2H3;2-4H,1H3;2-5H,1H3;7H,3-6H2,1-2H3;3-6H,1-2H3;3-5H2,1-2H3;2-4H,1H3;2-3H,1H3/q;+1;;6*+1/p+2. The molecule has 0 aromatic carbocycles. The molecule has 70 heavy (non-hydrogen) atoms. The maximum absolute atomic E-state index is 4.57. The maximum Gasteiger partial charge on any atom is 0.361 e. The molecule has 4 aliphatic heterocycles. The summed E-state index contributed by atoms with van der Waals surface area (Å²) in [6.07, 6.45) is 34.9. The predicted molar refractivity (Wildman–Crippen MR) is 279 cm³/mol. The van der Waals surface area contributed by atoms with E-state index in [1.165, 1.54) is 109 Å². The summed E-state index contributed by atoms with van der Waals surface area (Å²) < 4.78 is 20.8. The molecule has 3 fully saturated rings. The van der Waals surface area contributed by atoms with Gasteiger partial charge in [0.05, 0.1) is 125 Å². The highest BCUT2D eigenvalue weighted by atomic mass is 32.1. The smallest absolute Gasteiger partial charge is 0.361 e. The second-order valence-electron chi connectivity index (χ2n) is 20.4. The Morgan fingerprint density at radius 3 is 1.76 bits per heavy atom. The highest BCUT2D eigenvalue weighted by Gasteiger charge is 2.23. The molecule has 0 unspecified atom stereocenters. The number of piperazine rings is 1. The van der Waals surface area contributed by atoms with Crippen molar-refractivity contribution < 1.29 is 44.7 Å². The quantitative estimate of drug-likeness (QED) is 0.158. The Morgan fingerprint density at radius 2 is 1.30 bits per heavy atom. The van der Waals surface area contributed by atoms with Crippen molar-refractivity contribution in [2.24, 2.45) is 35.2 Å². The van der Waals surface area contributed by atoms with Crippen LogP contribution < -0.4 is 27.7 Å². The van der Waals surface area contributed by atoms with Crippen molar-refractivity contribution in [2.45, 2.75) is 25.7 Å². The van der Waals surface area contributed by atoms with Gasteiger partial charge >= 0.3 is 6.39 Å². The molecule has 20 heteroatoms. The van der Waals surface area contributed by atoms with Gasteiger partial charge in [-0.15, -0.1) is 9.06 Å². The third-order valence-corrected chi connectivity index (χ3v) is 13.2. The molecule has 8 aromatic heterocycles. The summed E-state index contributed by atoms with van der Waals surface area (Å²) >= 11 is 3.44. The molecular formula is C50H86N17OS2+9. The van der Waals surface area contributed by atoms with E-state index < -0.39 is 0 Å². The Kier molecular flexibility index (Phi) is 23.0. The molecule has 3 N–H and O–H groups in total. The molecular weight excluding hydrogens is 919 g/mol. The van der Waals surface area contributed by atoms with Crippen molar-refractivity contribution in [2.75, 3.05) is 109 Å². The number of H-pyrrole nitrogens is 2. The number of likely N-dealkylation sites (tertiary alicyclic amines) is 2. The summed E-state index contributed by atoms with van der Waals surface area (Å²) in [5.74, 6) is 0. The van der Waals surface area contributed by atoms with E-state index in [0.717, 1.165) is 26.4 Å². The van der Waals surface area contributed by atoms with E-state index >= 15 is 0 Å². The van der Waals surface area contributed by atoms with Crippen LogP contribution in [0.1, 0.15) is 25.7 Å². The molecule has 0 saturated carbocycles. The number of fused-ring (bicyclic) bond motifs is 3. The number of aromatic amines is 2. The molecule has 0 atom stereocenters. The highest BCUT2D eigenvalue weighted by Crippen LogP contribution is 2.13. The molecule has 12 rings (SSSR count). The number of nitrogens with zero attached hydrogens (tertiary/aromatic N) is 14. The molecule has 12 heterocycles. The highest BCUT2D eigenvalue weighted by molar-refractivity contribution is 7.15. The molecule has 0 bridgehead atoms. The fourth-order valence-electron chi connectivity index (χ4n) is 7.10. The largest absolute Gasteiger partial charge is 0.391 e. The van der Waals surface area contributed by atoms with Gasteiger partial charge < -0.3 is 23.2 Å². The number of piperidine rings is 1. The fourth-order valence-corrected chi connectivity index (χ4v) is 8.36. The Hall–Kier alpha value is -5.61. The van der Waals surface area contributed by atoms with Crippen LogP contribution in [0.3, 0.4) is 0 Å². The molecule has 0 spiro atoms. The topological polar surface area (TPSA) is 132 Å². The minimum Gasteiger partial charge on any atom is -0.391 e. The zero-order chi connectivity index (χ0) is 51.0. The number of thiazole rings is 1. The van der Waals surface area contributed by atoms with Crippen LogP contribution in [0.15, 0.2) is 127 Å². The second kappa shape index (κ2) is 28.3. The zero-order valence-corrected chi connectivity index (χ0v) is 46.2. The number of aromatic nitrogens is 12. The van der Waals surface area contributed by atoms with Crippen LogP contribution in [-0.4, -0.2) is 162 Å². The van der Waals surface area contributed by atoms with E-state index in [0.29, 0.717) is 0 Å². The van der Waals surface area contributed by atoms with Gasteiger partial charge in [0.2, 0.25) is 11.2 Å². The van der Waals surface area contributed by atoms with E-state index in [1.54, 1.807) is 34.6 Å². The molecule has 0 radical (unpaired) electrons. The number of nitrogens with one attached hydrogen (secondary N) is 3. The number of pyridine rings is 2. The summed E-state index contributed by atoms with van der Waals surface area (Å²) in [6, 6.07) is 5.94. The lowest BCUT2D eigenvalue weighted by Gasteiger charge is -2.37. The van der Waals surface area contributed by atoms with Crippen molar-refractivity contribution in [3.05, 3.63) is 122 Å². The average Bonchev–Trinajstić information content (AvgIpc) is 4.16. The van der Waals surface area contributed by atoms with Gasteiger partial charge in [-0.1, -0.05) is 16.0 Å². The van der Waals surface area contributed by atoms with Crippen LogP contribution in [0, 0.1) is 0 Å². The number of hydrogen-bond acceptors (Lipinski definition) is 8. The number of hydrogen-bond donors (Lipinski definition) is 3. The third kappa shape index (κ3) is 22.9. The SMILES string of the molecule is C[N+]1(C)C=CC=C1.C[N+]1(C)CCC1.C[N+]1(C)CCCCC1.C[N+]1(C)CCNCC1.C[n+]1cc2sccn2c1.C[n+]1ccc2[nH]ncc2c1.C[n+]1ccc2n[nH]nc2c1.C[n+]1cccs1.C[n+]1cocn1. The minimum absolute atomic E-state index is 0.889. The number of quaternary nitrogens is 4. The van der Waals surface area contributed by atoms with E-state index in [9.17, 15) is 0 Å². The summed E-state index contributed by atoms with van der Waals surface area (Å²) in [5, 5.41) is 29.4. The Balaban J connectivity index is 0.000000172. The average molecular weight is 1010 g/mol. The van der Waals surface area contributed by atoms with Gasteiger partial charge in [0.15, 0.2) is 50.6 Å². The van der Waals surface area contributed by atoms with Gasteiger partial charge in [-0.3, -0.25) is 9.58 Å². The number of aryl methyl sites for hydroxylation is 5. The molecule has 18 nitrogen and oxygen atoms in total. The molecule has 3 saturated heterocycles. The van der Waals surface area contributed by atoms with Crippen LogP contribution in [0.25, 0.3) is 26.8 Å². The minimum atomic E-state index is 0.889. The van der Waals surface area contributed by atoms with Crippen molar-refractivity contribution in [1.82, 2.24) is 40.4 Å². The summed E-state index contributed by atoms with van der Waals surface area (Å²) in [5.41, 5.74) is 2.88. The van der Waals surface area contributed by atoms with Gasteiger partial charge in [-0.25, -0.2) is 13.7 Å². The maximum atomic E-state index is 4.57. The lowest BCUT2D eigenvalue weighted by atomic mass is 10.1. The first-order chi connectivity index (χ1) is 33.2. The Morgan fingerprint density at radius 1 is 0.671 bits per heavy atom. The van der Waals surface area contributed by atoms with Gasteiger partial charge in [-0.05, 0) is 31.4 Å².